The largest absolute Gasteiger partial charge is 0.490 e. The Balaban J connectivity index is 1.90. The number of nitrogens with zero attached hydrogens (tertiary/aromatic N) is 2. The lowest BCUT2D eigenvalue weighted by atomic mass is 9.95. The van der Waals surface area contributed by atoms with Gasteiger partial charge in [-0.2, -0.15) is 0 Å². The third-order valence-electron chi connectivity index (χ3n) is 3.34. The van der Waals surface area contributed by atoms with Crippen molar-refractivity contribution in [3.63, 3.8) is 0 Å². The van der Waals surface area contributed by atoms with Gasteiger partial charge >= 0.3 is 0 Å². The maximum absolute atomic E-state index is 6.14. The minimum absolute atomic E-state index is 0.130. The van der Waals surface area contributed by atoms with E-state index in [2.05, 4.69) is 30.7 Å². The minimum atomic E-state index is -0.130. The number of ether oxygens (including phenoxy) is 1. The van der Waals surface area contributed by atoms with Crippen LogP contribution in [-0.4, -0.2) is 16.1 Å². The number of rotatable bonds is 3. The van der Waals surface area contributed by atoms with Gasteiger partial charge in [-0.25, -0.2) is 9.97 Å². The van der Waals surface area contributed by atoms with Gasteiger partial charge in [0.15, 0.2) is 0 Å². The smallest absolute Gasteiger partial charge is 0.136 e. The molecule has 0 saturated heterocycles. The zero-order valence-electron chi connectivity index (χ0n) is 12.6. The minimum Gasteiger partial charge on any atom is -0.490 e. The Morgan fingerprint density at radius 2 is 1.76 bits per heavy atom. The molecule has 0 aliphatic heterocycles. The Hall–Kier alpha value is -1.61. The van der Waals surface area contributed by atoms with Crippen molar-refractivity contribution >= 4 is 11.6 Å². The lowest BCUT2D eigenvalue weighted by molar-refractivity contribution is 0.303. The van der Waals surface area contributed by atoms with Gasteiger partial charge in [0.1, 0.15) is 16.7 Å². The van der Waals surface area contributed by atoms with Gasteiger partial charge in [-0.3, -0.25) is 0 Å². The molecule has 2 aromatic rings. The van der Waals surface area contributed by atoms with E-state index in [1.807, 2.05) is 24.3 Å². The van der Waals surface area contributed by atoms with Crippen LogP contribution in [0.5, 0.6) is 5.75 Å². The number of hydrogen-bond donors (Lipinski definition) is 0. The molecule has 1 aromatic carbocycles. The Labute approximate surface area is 130 Å². The predicted molar refractivity (Wildman–Crippen MR) is 84.8 cm³/mol. The third kappa shape index (κ3) is 3.53. The molecule has 21 heavy (non-hydrogen) atoms. The van der Waals surface area contributed by atoms with Crippen LogP contribution in [0.3, 0.4) is 0 Å². The molecular weight excluding hydrogens is 284 g/mol. The van der Waals surface area contributed by atoms with Gasteiger partial charge in [-0.05, 0) is 37.1 Å². The summed E-state index contributed by atoms with van der Waals surface area (Å²) in [6, 6.07) is 9.81. The van der Waals surface area contributed by atoms with E-state index in [-0.39, 0.29) is 5.41 Å². The zero-order valence-corrected chi connectivity index (χ0v) is 13.3. The van der Waals surface area contributed by atoms with Gasteiger partial charge in [-0.15, -0.1) is 0 Å². The summed E-state index contributed by atoms with van der Waals surface area (Å²) in [6.45, 7) is 6.24. The summed E-state index contributed by atoms with van der Waals surface area (Å²) in [5, 5.41) is 0.475. The van der Waals surface area contributed by atoms with E-state index in [0.29, 0.717) is 11.3 Å². The van der Waals surface area contributed by atoms with Crippen LogP contribution < -0.4 is 4.74 Å². The number of halogens is 1. The monoisotopic (exact) mass is 302 g/mol. The second kappa shape index (κ2) is 5.30. The molecule has 1 aliphatic carbocycles. The van der Waals surface area contributed by atoms with E-state index in [1.54, 1.807) is 6.07 Å². The van der Waals surface area contributed by atoms with Crippen LogP contribution in [0.1, 0.15) is 39.4 Å². The molecular formula is C17H19ClN2O. The highest BCUT2D eigenvalue weighted by molar-refractivity contribution is 6.29. The molecule has 1 heterocycles. The summed E-state index contributed by atoms with van der Waals surface area (Å²) in [6.07, 6.45) is 2.74. The first kappa shape index (κ1) is 14.3. The summed E-state index contributed by atoms with van der Waals surface area (Å²) < 4.78 is 5.76. The summed E-state index contributed by atoms with van der Waals surface area (Å²) in [4.78, 5) is 8.97. The van der Waals surface area contributed by atoms with E-state index in [4.69, 9.17) is 16.3 Å². The van der Waals surface area contributed by atoms with E-state index in [0.717, 1.165) is 35.7 Å². The normalized spacial score (nSPS) is 15.0. The number of benzene rings is 1. The molecule has 0 bridgehead atoms. The third-order valence-corrected chi connectivity index (χ3v) is 3.54. The molecule has 3 rings (SSSR count). The molecule has 0 unspecified atom stereocenters. The van der Waals surface area contributed by atoms with Crippen LogP contribution in [-0.2, 0) is 5.41 Å². The molecule has 0 radical (unpaired) electrons. The fourth-order valence-electron chi connectivity index (χ4n) is 1.98. The molecule has 0 atom stereocenters. The van der Waals surface area contributed by atoms with E-state index < -0.39 is 0 Å². The van der Waals surface area contributed by atoms with Crippen molar-refractivity contribution in [1.82, 2.24) is 9.97 Å². The summed E-state index contributed by atoms with van der Waals surface area (Å²) in [5.41, 5.74) is 1.74. The Bertz CT molecular complexity index is 643. The van der Waals surface area contributed by atoms with Crippen LogP contribution in [0.15, 0.2) is 30.3 Å². The molecule has 1 aliphatic rings. The predicted octanol–water partition coefficient (Wildman–Crippen LogP) is 4.64. The van der Waals surface area contributed by atoms with Crippen molar-refractivity contribution in [2.75, 3.05) is 0 Å². The van der Waals surface area contributed by atoms with Gasteiger partial charge in [0.25, 0.3) is 0 Å². The maximum Gasteiger partial charge on any atom is 0.136 e. The Kier molecular flexibility index (Phi) is 3.62. The zero-order chi connectivity index (χ0) is 15.0. The molecule has 3 nitrogen and oxygen atoms in total. The molecule has 1 aromatic heterocycles. The fourth-order valence-corrected chi connectivity index (χ4v) is 2.17. The van der Waals surface area contributed by atoms with Crippen LogP contribution in [0, 0.1) is 0 Å². The topological polar surface area (TPSA) is 35.0 Å². The van der Waals surface area contributed by atoms with Crippen LogP contribution in [0.4, 0.5) is 0 Å². The molecule has 0 spiro atoms. The second-order valence-corrected chi connectivity index (χ2v) is 6.88. The van der Waals surface area contributed by atoms with Gasteiger partial charge in [0.05, 0.1) is 11.8 Å². The molecule has 110 valence electrons. The van der Waals surface area contributed by atoms with Crippen molar-refractivity contribution in [2.45, 2.75) is 45.1 Å². The average molecular weight is 303 g/mol. The van der Waals surface area contributed by atoms with Gasteiger partial charge in [-0.1, -0.05) is 32.4 Å². The Morgan fingerprint density at radius 3 is 2.33 bits per heavy atom. The van der Waals surface area contributed by atoms with Crippen molar-refractivity contribution in [1.29, 1.82) is 0 Å². The fraction of sp³-hybridized carbons (Fsp3) is 0.412. The molecule has 0 N–H and O–H groups in total. The van der Waals surface area contributed by atoms with E-state index in [9.17, 15) is 0 Å². The van der Waals surface area contributed by atoms with Crippen molar-refractivity contribution in [2.24, 2.45) is 0 Å². The number of hydrogen-bond acceptors (Lipinski definition) is 3. The Morgan fingerprint density at radius 1 is 1.10 bits per heavy atom. The van der Waals surface area contributed by atoms with E-state index >= 15 is 0 Å². The molecule has 1 fully saturated rings. The standard InChI is InChI=1S/C17H19ClN2O/c1-17(2,3)16-19-14(10-15(18)20-16)11-4-6-12(7-5-11)21-13-8-9-13/h4-7,10,13H,8-9H2,1-3H3. The first-order valence-electron chi connectivity index (χ1n) is 7.24. The van der Waals surface area contributed by atoms with E-state index in [1.165, 1.54) is 0 Å². The van der Waals surface area contributed by atoms with Crippen LogP contribution in [0.2, 0.25) is 5.15 Å². The molecule has 0 amide bonds. The summed E-state index contributed by atoms with van der Waals surface area (Å²) in [7, 11) is 0. The number of aromatic nitrogens is 2. The SMILES string of the molecule is CC(C)(C)c1nc(Cl)cc(-c2ccc(OC3CC3)cc2)n1. The highest BCUT2D eigenvalue weighted by Gasteiger charge is 2.23. The maximum atomic E-state index is 6.14. The van der Waals surface area contributed by atoms with Crippen molar-refractivity contribution in [3.05, 3.63) is 41.3 Å². The molecule has 1 saturated carbocycles. The quantitative estimate of drug-likeness (QED) is 0.775. The van der Waals surface area contributed by atoms with Crippen molar-refractivity contribution < 1.29 is 4.74 Å². The average Bonchev–Trinajstić information content (AvgIpc) is 3.22. The first-order chi connectivity index (χ1) is 9.91. The van der Waals surface area contributed by atoms with Crippen LogP contribution >= 0.6 is 11.6 Å². The molecule has 4 heteroatoms. The van der Waals surface area contributed by atoms with Gasteiger partial charge in [0.2, 0.25) is 0 Å². The van der Waals surface area contributed by atoms with Crippen LogP contribution in [0.25, 0.3) is 11.3 Å². The first-order valence-corrected chi connectivity index (χ1v) is 7.62. The highest BCUT2D eigenvalue weighted by atomic mass is 35.5. The lowest BCUT2D eigenvalue weighted by Crippen LogP contribution is -2.16. The van der Waals surface area contributed by atoms with Gasteiger partial charge < -0.3 is 4.74 Å². The lowest BCUT2D eigenvalue weighted by Gasteiger charge is -2.17. The highest BCUT2D eigenvalue weighted by Crippen LogP contribution is 2.29. The summed E-state index contributed by atoms with van der Waals surface area (Å²) >= 11 is 6.14. The van der Waals surface area contributed by atoms with Gasteiger partial charge in [0, 0.05) is 17.0 Å². The second-order valence-electron chi connectivity index (χ2n) is 6.49. The summed E-state index contributed by atoms with van der Waals surface area (Å²) in [5.74, 6) is 1.67. The van der Waals surface area contributed by atoms with Crippen molar-refractivity contribution in [3.8, 4) is 17.0 Å².